The van der Waals surface area contributed by atoms with Gasteiger partial charge >= 0.3 is 5.56 Å². The number of aromatic nitrogens is 2. The van der Waals surface area contributed by atoms with Crippen LogP contribution in [0.5, 0.6) is 0 Å². The largest absolute Gasteiger partial charge is 0.448 e. The molecule has 0 aliphatic heterocycles. The molecule has 1 N–H and O–H groups in total. The second-order valence-electron chi connectivity index (χ2n) is 7.35. The highest BCUT2D eigenvalue weighted by Crippen LogP contribution is 2.28. The van der Waals surface area contributed by atoms with Gasteiger partial charge in [-0.1, -0.05) is 54.2 Å². The van der Waals surface area contributed by atoms with Crippen molar-refractivity contribution in [1.82, 2.24) is 9.55 Å². The Morgan fingerprint density at radius 1 is 1.03 bits per heavy atom. The van der Waals surface area contributed by atoms with Crippen LogP contribution in [-0.4, -0.2) is 21.2 Å². The molecule has 3 aromatic carbocycles. The Bertz CT molecular complexity index is 1510. The number of para-hydroxylation sites is 2. The molecule has 5 aromatic rings. The minimum Gasteiger partial charge on any atom is -0.448 e. The summed E-state index contributed by atoms with van der Waals surface area (Å²) in [6.07, 6.45) is 0. The van der Waals surface area contributed by atoms with Gasteiger partial charge in [0, 0.05) is 11.1 Å². The summed E-state index contributed by atoms with van der Waals surface area (Å²) < 4.78 is 7.36. The number of nitrogens with zero attached hydrogens (tertiary/aromatic N) is 2. The maximum Gasteiger partial charge on any atom is 0.302 e. The first kappa shape index (κ1) is 20.1. The van der Waals surface area contributed by atoms with E-state index in [0.717, 1.165) is 16.6 Å². The number of carbonyl (C=O) groups excluding carboxylic acids is 1. The Balaban J connectivity index is 1.59. The van der Waals surface area contributed by atoms with E-state index in [0.29, 0.717) is 21.9 Å². The van der Waals surface area contributed by atoms with Gasteiger partial charge in [0.2, 0.25) is 11.5 Å². The molecule has 0 bridgehead atoms. The number of aryl methyl sites for hydroxylation is 1. The quantitative estimate of drug-likeness (QED) is 0.301. The molecule has 6 nitrogen and oxygen atoms in total. The summed E-state index contributed by atoms with van der Waals surface area (Å²) in [6, 6.07) is 24.3. The summed E-state index contributed by atoms with van der Waals surface area (Å²) in [5.74, 6) is -0.0718. The lowest BCUT2D eigenvalue weighted by Crippen LogP contribution is -2.22. The summed E-state index contributed by atoms with van der Waals surface area (Å²) in [5.41, 5.74) is 3.41. The Hall–Kier alpha value is -3.84. The molecule has 0 spiro atoms. The summed E-state index contributed by atoms with van der Waals surface area (Å²) >= 11 is 1.21. The van der Waals surface area contributed by atoms with Crippen LogP contribution in [0.25, 0.3) is 27.8 Å². The summed E-state index contributed by atoms with van der Waals surface area (Å²) in [7, 11) is 0. The Labute approximate surface area is 187 Å². The third kappa shape index (κ3) is 3.78. The van der Waals surface area contributed by atoms with Gasteiger partial charge in [0.05, 0.1) is 11.4 Å². The molecule has 158 valence electrons. The van der Waals surface area contributed by atoms with E-state index in [1.807, 2.05) is 85.8 Å². The lowest BCUT2D eigenvalue weighted by atomic mass is 10.2. The zero-order valence-corrected chi connectivity index (χ0v) is 18.1. The number of hydrogen-bond donors (Lipinski definition) is 1. The predicted octanol–water partition coefficient (Wildman–Crippen LogP) is 5.17. The van der Waals surface area contributed by atoms with Crippen molar-refractivity contribution >= 4 is 45.4 Å². The van der Waals surface area contributed by atoms with Crippen molar-refractivity contribution in [1.29, 1.82) is 0 Å². The molecule has 0 radical (unpaired) electrons. The highest BCUT2D eigenvalue weighted by Gasteiger charge is 2.19. The number of hydrogen-bond acceptors (Lipinski definition) is 5. The number of amides is 1. The molecule has 0 saturated heterocycles. The average molecular weight is 442 g/mol. The molecule has 2 heterocycles. The zero-order valence-electron chi connectivity index (χ0n) is 17.2. The molecule has 0 aliphatic carbocycles. The molecule has 0 unspecified atom stereocenters. The van der Waals surface area contributed by atoms with Crippen LogP contribution in [-0.2, 0) is 4.79 Å². The van der Waals surface area contributed by atoms with Crippen LogP contribution in [0.15, 0.2) is 93.2 Å². The van der Waals surface area contributed by atoms with E-state index < -0.39 is 0 Å². The number of furan rings is 1. The number of anilines is 1. The zero-order chi connectivity index (χ0) is 22.1. The molecule has 0 saturated carbocycles. The number of fused-ring (bicyclic) bond motifs is 3. The molecule has 32 heavy (non-hydrogen) atoms. The molecule has 1 amide bonds. The maximum absolute atomic E-state index is 13.5. The van der Waals surface area contributed by atoms with Gasteiger partial charge in [-0.2, -0.15) is 0 Å². The highest BCUT2D eigenvalue weighted by molar-refractivity contribution is 7.99. The molecular formula is C25H19N3O3S. The van der Waals surface area contributed by atoms with Crippen LogP contribution in [0.4, 0.5) is 5.69 Å². The van der Waals surface area contributed by atoms with Gasteiger partial charge in [-0.05, 0) is 48.9 Å². The topological polar surface area (TPSA) is 77.1 Å². The fraction of sp³-hybridized carbons (Fsp3) is 0.0800. The predicted molar refractivity (Wildman–Crippen MR) is 128 cm³/mol. The first-order valence-corrected chi connectivity index (χ1v) is 11.1. The van der Waals surface area contributed by atoms with Crippen LogP contribution >= 0.6 is 11.8 Å². The molecule has 5 rings (SSSR count). The molecule has 7 heteroatoms. The Kier molecular flexibility index (Phi) is 5.25. The fourth-order valence-corrected chi connectivity index (χ4v) is 4.37. The molecule has 2 aromatic heterocycles. The lowest BCUT2D eigenvalue weighted by Gasteiger charge is -2.12. The number of rotatable bonds is 5. The van der Waals surface area contributed by atoms with E-state index in [4.69, 9.17) is 9.40 Å². The van der Waals surface area contributed by atoms with Crippen molar-refractivity contribution in [3.63, 3.8) is 0 Å². The third-order valence-corrected chi connectivity index (χ3v) is 5.95. The van der Waals surface area contributed by atoms with Crippen LogP contribution in [0, 0.1) is 6.92 Å². The van der Waals surface area contributed by atoms with Crippen LogP contribution in [0.3, 0.4) is 0 Å². The van der Waals surface area contributed by atoms with Crippen molar-refractivity contribution in [2.75, 3.05) is 11.1 Å². The van der Waals surface area contributed by atoms with Gasteiger partial charge in [0.15, 0.2) is 5.16 Å². The lowest BCUT2D eigenvalue weighted by molar-refractivity contribution is -0.113. The summed E-state index contributed by atoms with van der Waals surface area (Å²) in [6.45, 7) is 1.96. The van der Waals surface area contributed by atoms with Gasteiger partial charge in [0.1, 0.15) is 11.1 Å². The Morgan fingerprint density at radius 2 is 1.81 bits per heavy atom. The summed E-state index contributed by atoms with van der Waals surface area (Å²) in [4.78, 5) is 30.8. The molecular weight excluding hydrogens is 422 g/mol. The molecule has 0 atom stereocenters. The van der Waals surface area contributed by atoms with E-state index in [1.54, 1.807) is 0 Å². The monoisotopic (exact) mass is 441 g/mol. The number of nitrogens with one attached hydrogen (secondary N) is 1. The van der Waals surface area contributed by atoms with Crippen molar-refractivity contribution in [3.05, 3.63) is 94.8 Å². The van der Waals surface area contributed by atoms with Crippen molar-refractivity contribution in [2.45, 2.75) is 12.1 Å². The van der Waals surface area contributed by atoms with Crippen LogP contribution in [0.2, 0.25) is 0 Å². The molecule has 0 aliphatic rings. The summed E-state index contributed by atoms with van der Waals surface area (Å²) in [5, 5.41) is 4.07. The van der Waals surface area contributed by atoms with Crippen molar-refractivity contribution < 1.29 is 9.21 Å². The third-order valence-electron chi connectivity index (χ3n) is 5.02. The van der Waals surface area contributed by atoms with Gasteiger partial charge in [-0.15, -0.1) is 0 Å². The van der Waals surface area contributed by atoms with E-state index in [1.165, 1.54) is 16.3 Å². The SMILES string of the molecule is Cc1cccc(-n2c(SCC(=O)Nc3ccccc3)nc3c(oc4ccccc43)c2=O)c1. The Morgan fingerprint density at radius 3 is 2.62 bits per heavy atom. The van der Waals surface area contributed by atoms with Crippen LogP contribution in [0.1, 0.15) is 5.56 Å². The van der Waals surface area contributed by atoms with E-state index in [9.17, 15) is 9.59 Å². The highest BCUT2D eigenvalue weighted by atomic mass is 32.2. The van der Waals surface area contributed by atoms with Gasteiger partial charge in [-0.25, -0.2) is 4.98 Å². The van der Waals surface area contributed by atoms with E-state index in [2.05, 4.69) is 5.32 Å². The van der Waals surface area contributed by atoms with Gasteiger partial charge in [-0.3, -0.25) is 14.2 Å². The van der Waals surface area contributed by atoms with E-state index >= 15 is 0 Å². The first-order chi connectivity index (χ1) is 15.6. The van der Waals surface area contributed by atoms with Gasteiger partial charge in [0.25, 0.3) is 0 Å². The average Bonchev–Trinajstić information content (AvgIpc) is 3.17. The van der Waals surface area contributed by atoms with Crippen molar-refractivity contribution in [3.8, 4) is 5.69 Å². The number of benzene rings is 3. The van der Waals surface area contributed by atoms with E-state index in [-0.39, 0.29) is 22.8 Å². The molecule has 0 fully saturated rings. The number of thioether (sulfide) groups is 1. The maximum atomic E-state index is 13.5. The first-order valence-electron chi connectivity index (χ1n) is 10.1. The minimum atomic E-state index is -0.303. The normalized spacial score (nSPS) is 11.2. The van der Waals surface area contributed by atoms with Gasteiger partial charge < -0.3 is 9.73 Å². The second kappa shape index (κ2) is 8.36. The second-order valence-corrected chi connectivity index (χ2v) is 8.30. The minimum absolute atomic E-state index is 0.106. The van der Waals surface area contributed by atoms with Crippen molar-refractivity contribution in [2.24, 2.45) is 0 Å². The van der Waals surface area contributed by atoms with Crippen LogP contribution < -0.4 is 10.9 Å². The fourth-order valence-electron chi connectivity index (χ4n) is 3.56. The standard InChI is InChI=1S/C25H19N3O3S/c1-16-8-7-11-18(14-16)28-24(30)23-22(19-12-5-6-13-20(19)31-23)27-25(28)32-15-21(29)26-17-9-3-2-4-10-17/h2-14H,15H2,1H3,(H,26,29). The smallest absolute Gasteiger partial charge is 0.302 e. The number of carbonyl (C=O) groups is 1.